The molecule has 0 aliphatic carbocycles. The van der Waals surface area contributed by atoms with Gasteiger partial charge in [0.2, 0.25) is 0 Å². The maximum absolute atomic E-state index is 12.9. The summed E-state index contributed by atoms with van der Waals surface area (Å²) >= 11 is 0. The van der Waals surface area contributed by atoms with Crippen molar-refractivity contribution < 1.29 is 9.18 Å². The highest BCUT2D eigenvalue weighted by atomic mass is 19.1. The third-order valence-electron chi connectivity index (χ3n) is 4.41. The molecule has 1 aliphatic rings. The first-order valence-corrected chi connectivity index (χ1v) is 8.55. The molecule has 0 unspecified atom stereocenters. The predicted octanol–water partition coefficient (Wildman–Crippen LogP) is 3.61. The summed E-state index contributed by atoms with van der Waals surface area (Å²) < 4.78 is 12.9. The third kappa shape index (κ3) is 4.70. The van der Waals surface area contributed by atoms with Crippen molar-refractivity contribution in [2.75, 3.05) is 48.3 Å². The molecule has 0 atom stereocenters. The summed E-state index contributed by atoms with van der Waals surface area (Å²) in [5.74, 6) is -0.332. The minimum atomic E-state index is -0.351. The topological polar surface area (TPSA) is 47.6 Å². The lowest BCUT2D eigenvalue weighted by atomic mass is 10.2. The molecule has 1 heterocycles. The molecule has 2 aromatic carbocycles. The first kappa shape index (κ1) is 17.2. The number of rotatable bonds is 4. The van der Waals surface area contributed by atoms with Crippen LogP contribution in [0.3, 0.4) is 0 Å². The Kier molecular flexibility index (Phi) is 5.50. The van der Waals surface area contributed by atoms with Gasteiger partial charge in [0.05, 0.1) is 0 Å². The number of carbonyl (C=O) groups excluding carboxylic acids is 1. The highest BCUT2D eigenvalue weighted by molar-refractivity contribution is 5.99. The van der Waals surface area contributed by atoms with Crippen LogP contribution in [0.5, 0.6) is 0 Å². The van der Waals surface area contributed by atoms with Crippen LogP contribution in [0.1, 0.15) is 6.92 Å². The predicted molar refractivity (Wildman–Crippen MR) is 99.8 cm³/mol. The summed E-state index contributed by atoms with van der Waals surface area (Å²) in [6.07, 6.45) is 0. The van der Waals surface area contributed by atoms with Crippen molar-refractivity contribution in [2.45, 2.75) is 6.92 Å². The number of hydrogen-bond donors (Lipinski definition) is 2. The summed E-state index contributed by atoms with van der Waals surface area (Å²) in [6.45, 7) is 7.48. The lowest BCUT2D eigenvalue weighted by Crippen LogP contribution is -2.46. The minimum absolute atomic E-state index is 0.332. The van der Waals surface area contributed by atoms with Crippen molar-refractivity contribution >= 4 is 23.1 Å². The van der Waals surface area contributed by atoms with Gasteiger partial charge in [-0.25, -0.2) is 9.18 Å². The van der Waals surface area contributed by atoms with Crippen molar-refractivity contribution in [1.82, 2.24) is 4.90 Å². The van der Waals surface area contributed by atoms with Gasteiger partial charge < -0.3 is 20.4 Å². The Labute approximate surface area is 147 Å². The van der Waals surface area contributed by atoms with Crippen LogP contribution < -0.4 is 15.5 Å². The van der Waals surface area contributed by atoms with E-state index >= 15 is 0 Å². The van der Waals surface area contributed by atoms with E-state index in [1.54, 1.807) is 0 Å². The fourth-order valence-electron chi connectivity index (χ4n) is 2.90. The SMILES string of the molecule is CCN1CCN(c2ccc(NC(=O)Nc3ccc(F)cc3)cc2)CC1. The molecule has 6 heteroatoms. The van der Waals surface area contributed by atoms with Crippen LogP contribution in [0, 0.1) is 5.82 Å². The van der Waals surface area contributed by atoms with Crippen LogP contribution in [-0.2, 0) is 0 Å². The standard InChI is InChI=1S/C19H23FN4O/c1-2-23-11-13-24(14-12-23)18-9-7-17(8-10-18)22-19(25)21-16-5-3-15(20)4-6-16/h3-10H,2,11-14H2,1H3,(H2,21,22,25). The number of piperazine rings is 1. The van der Waals surface area contributed by atoms with E-state index < -0.39 is 0 Å². The maximum atomic E-state index is 12.9. The molecule has 2 aromatic rings. The molecule has 132 valence electrons. The molecule has 0 radical (unpaired) electrons. The number of anilines is 3. The number of halogens is 1. The molecule has 25 heavy (non-hydrogen) atoms. The first-order valence-electron chi connectivity index (χ1n) is 8.55. The number of urea groups is 1. The van der Waals surface area contributed by atoms with E-state index in [1.165, 1.54) is 30.0 Å². The lowest BCUT2D eigenvalue weighted by molar-refractivity contribution is 0.262. The molecular weight excluding hydrogens is 319 g/mol. The molecule has 0 aromatic heterocycles. The number of amides is 2. The largest absolute Gasteiger partial charge is 0.369 e. The minimum Gasteiger partial charge on any atom is -0.369 e. The Hall–Kier alpha value is -2.60. The number of nitrogens with one attached hydrogen (secondary N) is 2. The molecule has 1 fully saturated rings. The lowest BCUT2D eigenvalue weighted by Gasteiger charge is -2.35. The van der Waals surface area contributed by atoms with Crippen molar-refractivity contribution in [2.24, 2.45) is 0 Å². The summed E-state index contributed by atoms with van der Waals surface area (Å²) in [7, 11) is 0. The fourth-order valence-corrected chi connectivity index (χ4v) is 2.90. The van der Waals surface area contributed by atoms with E-state index in [-0.39, 0.29) is 11.8 Å². The number of nitrogens with zero attached hydrogens (tertiary/aromatic N) is 2. The fraction of sp³-hybridized carbons (Fsp3) is 0.316. The zero-order valence-electron chi connectivity index (χ0n) is 14.3. The van der Waals surface area contributed by atoms with Gasteiger partial charge in [-0.1, -0.05) is 6.92 Å². The summed E-state index contributed by atoms with van der Waals surface area (Å²) in [5.41, 5.74) is 2.43. The van der Waals surface area contributed by atoms with Gasteiger partial charge >= 0.3 is 6.03 Å². The summed E-state index contributed by atoms with van der Waals surface area (Å²) in [5, 5.41) is 5.46. The highest BCUT2D eigenvalue weighted by Gasteiger charge is 2.15. The van der Waals surface area contributed by atoms with Gasteiger partial charge in [-0.15, -0.1) is 0 Å². The Morgan fingerprint density at radius 2 is 1.44 bits per heavy atom. The van der Waals surface area contributed by atoms with E-state index in [4.69, 9.17) is 0 Å². The van der Waals surface area contributed by atoms with Crippen LogP contribution >= 0.6 is 0 Å². The molecular formula is C19H23FN4O. The van der Waals surface area contributed by atoms with Gasteiger partial charge in [0.1, 0.15) is 5.82 Å². The van der Waals surface area contributed by atoms with E-state index in [9.17, 15) is 9.18 Å². The number of hydrogen-bond acceptors (Lipinski definition) is 3. The van der Waals surface area contributed by atoms with Crippen molar-refractivity contribution in [3.05, 3.63) is 54.3 Å². The number of carbonyl (C=O) groups is 1. The van der Waals surface area contributed by atoms with E-state index in [0.29, 0.717) is 5.69 Å². The van der Waals surface area contributed by atoms with Crippen LogP contribution in [0.2, 0.25) is 0 Å². The second-order valence-corrected chi connectivity index (χ2v) is 6.05. The highest BCUT2D eigenvalue weighted by Crippen LogP contribution is 2.20. The van der Waals surface area contributed by atoms with Gasteiger partial charge in [0.15, 0.2) is 0 Å². The van der Waals surface area contributed by atoms with E-state index in [2.05, 4.69) is 27.4 Å². The van der Waals surface area contributed by atoms with Crippen LogP contribution in [0.4, 0.5) is 26.2 Å². The quantitative estimate of drug-likeness (QED) is 0.892. The Balaban J connectivity index is 1.53. The molecule has 2 amide bonds. The van der Waals surface area contributed by atoms with E-state index in [1.807, 2.05) is 24.3 Å². The van der Waals surface area contributed by atoms with Crippen molar-refractivity contribution in [1.29, 1.82) is 0 Å². The molecule has 2 N–H and O–H groups in total. The molecule has 1 aliphatic heterocycles. The molecule has 0 spiro atoms. The monoisotopic (exact) mass is 342 g/mol. The van der Waals surface area contributed by atoms with Crippen LogP contribution in [-0.4, -0.2) is 43.7 Å². The second-order valence-electron chi connectivity index (χ2n) is 6.05. The van der Waals surface area contributed by atoms with Gasteiger partial charge in [0, 0.05) is 43.2 Å². The molecule has 1 saturated heterocycles. The normalized spacial score (nSPS) is 15.0. The van der Waals surface area contributed by atoms with Gasteiger partial charge in [0.25, 0.3) is 0 Å². The van der Waals surface area contributed by atoms with Crippen molar-refractivity contribution in [3.63, 3.8) is 0 Å². The Morgan fingerprint density at radius 3 is 1.96 bits per heavy atom. The number of benzene rings is 2. The van der Waals surface area contributed by atoms with E-state index in [0.717, 1.165) is 38.4 Å². The average molecular weight is 342 g/mol. The zero-order chi connectivity index (χ0) is 17.6. The number of likely N-dealkylation sites (N-methyl/N-ethyl adjacent to an activating group) is 1. The van der Waals surface area contributed by atoms with Crippen LogP contribution in [0.15, 0.2) is 48.5 Å². The second kappa shape index (κ2) is 7.98. The van der Waals surface area contributed by atoms with Crippen LogP contribution in [0.25, 0.3) is 0 Å². The molecule has 5 nitrogen and oxygen atoms in total. The zero-order valence-corrected chi connectivity index (χ0v) is 14.3. The summed E-state index contributed by atoms with van der Waals surface area (Å²) in [4.78, 5) is 16.8. The van der Waals surface area contributed by atoms with Gasteiger partial charge in [-0.05, 0) is 55.1 Å². The molecule has 0 saturated carbocycles. The Morgan fingerprint density at radius 1 is 0.920 bits per heavy atom. The smallest absolute Gasteiger partial charge is 0.323 e. The van der Waals surface area contributed by atoms with Crippen molar-refractivity contribution in [3.8, 4) is 0 Å². The van der Waals surface area contributed by atoms with Gasteiger partial charge in [-0.3, -0.25) is 0 Å². The summed E-state index contributed by atoms with van der Waals surface area (Å²) in [6, 6.07) is 13.1. The maximum Gasteiger partial charge on any atom is 0.323 e. The average Bonchev–Trinajstić information content (AvgIpc) is 2.64. The van der Waals surface area contributed by atoms with Gasteiger partial charge in [-0.2, -0.15) is 0 Å². The molecule has 3 rings (SSSR count). The molecule has 0 bridgehead atoms. The third-order valence-corrected chi connectivity index (χ3v) is 4.41. The Bertz CT molecular complexity index is 694. The first-order chi connectivity index (χ1) is 12.1.